The molecule has 0 bridgehead atoms. The van der Waals surface area contributed by atoms with Crippen LogP contribution >= 0.6 is 0 Å². The van der Waals surface area contributed by atoms with Crippen molar-refractivity contribution in [3.63, 3.8) is 0 Å². The number of allylic oxidation sites excluding steroid dienone is 1. The van der Waals surface area contributed by atoms with E-state index in [1.165, 1.54) is 5.56 Å². The van der Waals surface area contributed by atoms with Crippen LogP contribution in [0.25, 0.3) is 5.70 Å². The zero-order valence-corrected chi connectivity index (χ0v) is 13.7. The molecule has 0 radical (unpaired) electrons. The van der Waals surface area contributed by atoms with Crippen molar-refractivity contribution in [3.8, 4) is 5.75 Å². The molecule has 0 fully saturated rings. The number of carbonyl (C=O) groups excluding carboxylic acids is 1. The minimum absolute atomic E-state index is 0.0114. The summed E-state index contributed by atoms with van der Waals surface area (Å²) in [7, 11) is 1.66. The van der Waals surface area contributed by atoms with E-state index in [9.17, 15) is 4.79 Å². The monoisotopic (exact) mass is 307 g/mol. The summed E-state index contributed by atoms with van der Waals surface area (Å²) >= 11 is 0. The Morgan fingerprint density at radius 1 is 1.13 bits per heavy atom. The first-order valence-corrected chi connectivity index (χ1v) is 7.76. The summed E-state index contributed by atoms with van der Waals surface area (Å²) in [5.41, 5.74) is 3.57. The molecule has 0 amide bonds. The van der Waals surface area contributed by atoms with Gasteiger partial charge in [0, 0.05) is 28.4 Å². The number of hydrogen-bond donors (Lipinski definition) is 1. The predicted octanol–water partition coefficient (Wildman–Crippen LogP) is 3.84. The van der Waals surface area contributed by atoms with Crippen molar-refractivity contribution in [2.45, 2.75) is 25.8 Å². The number of methoxy groups -OCH3 is 1. The van der Waals surface area contributed by atoms with Gasteiger partial charge < -0.3 is 10.1 Å². The van der Waals surface area contributed by atoms with Crippen LogP contribution in [0.15, 0.2) is 54.6 Å². The highest BCUT2D eigenvalue weighted by Crippen LogP contribution is 2.35. The molecule has 1 N–H and O–H groups in total. The SMILES string of the molecule is COc1cccc2c1/C(=C/C(=O)c1ccccc1)NC(C)(C)C2. The average molecular weight is 307 g/mol. The molecular weight excluding hydrogens is 286 g/mol. The molecule has 0 unspecified atom stereocenters. The van der Waals surface area contributed by atoms with Gasteiger partial charge in [-0.1, -0.05) is 42.5 Å². The van der Waals surface area contributed by atoms with E-state index in [0.717, 1.165) is 23.4 Å². The number of rotatable bonds is 3. The zero-order chi connectivity index (χ0) is 16.4. The van der Waals surface area contributed by atoms with Crippen LogP contribution in [0.2, 0.25) is 0 Å². The Labute approximate surface area is 137 Å². The van der Waals surface area contributed by atoms with E-state index >= 15 is 0 Å². The molecular formula is C20H21NO2. The number of benzene rings is 2. The number of fused-ring (bicyclic) bond motifs is 1. The Balaban J connectivity index is 2.09. The Morgan fingerprint density at radius 2 is 1.87 bits per heavy atom. The largest absolute Gasteiger partial charge is 0.496 e. The van der Waals surface area contributed by atoms with Gasteiger partial charge >= 0.3 is 0 Å². The van der Waals surface area contributed by atoms with Crippen molar-refractivity contribution < 1.29 is 9.53 Å². The first-order valence-electron chi connectivity index (χ1n) is 7.76. The van der Waals surface area contributed by atoms with Gasteiger partial charge in [0.15, 0.2) is 5.78 Å². The smallest absolute Gasteiger partial charge is 0.187 e. The lowest BCUT2D eigenvalue weighted by atomic mass is 9.85. The lowest BCUT2D eigenvalue weighted by Crippen LogP contribution is -2.44. The second kappa shape index (κ2) is 5.92. The van der Waals surface area contributed by atoms with Crippen LogP contribution in [-0.2, 0) is 6.42 Å². The quantitative estimate of drug-likeness (QED) is 0.691. The molecule has 3 heteroatoms. The fraction of sp³-hybridized carbons (Fsp3) is 0.250. The highest BCUT2D eigenvalue weighted by atomic mass is 16.5. The van der Waals surface area contributed by atoms with Crippen molar-refractivity contribution in [2.75, 3.05) is 7.11 Å². The number of ketones is 1. The van der Waals surface area contributed by atoms with Crippen LogP contribution in [0.4, 0.5) is 0 Å². The summed E-state index contributed by atoms with van der Waals surface area (Å²) in [5, 5.41) is 3.48. The van der Waals surface area contributed by atoms with Crippen molar-refractivity contribution in [1.82, 2.24) is 5.32 Å². The average Bonchev–Trinajstić information content (AvgIpc) is 2.53. The van der Waals surface area contributed by atoms with Gasteiger partial charge in [-0.2, -0.15) is 0 Å². The first kappa shape index (κ1) is 15.3. The standard InChI is InChI=1S/C20H21NO2/c1-20(2)13-15-10-7-11-18(23-3)19(15)16(21-20)12-17(22)14-8-5-4-6-9-14/h4-12,21H,13H2,1-3H3/b16-12-. The molecule has 0 saturated carbocycles. The molecule has 3 rings (SSSR count). The molecule has 1 aliphatic heterocycles. The van der Waals surface area contributed by atoms with Gasteiger partial charge in [-0.05, 0) is 31.9 Å². The zero-order valence-electron chi connectivity index (χ0n) is 13.7. The lowest BCUT2D eigenvalue weighted by molar-refractivity contribution is 0.104. The third kappa shape index (κ3) is 3.14. The molecule has 0 saturated heterocycles. The highest BCUT2D eigenvalue weighted by Gasteiger charge is 2.30. The van der Waals surface area contributed by atoms with Gasteiger partial charge in [-0.25, -0.2) is 0 Å². The maximum absolute atomic E-state index is 12.6. The van der Waals surface area contributed by atoms with E-state index < -0.39 is 0 Å². The third-order valence-corrected chi connectivity index (χ3v) is 4.04. The molecule has 2 aromatic rings. The number of ether oxygens (including phenoxy) is 1. The lowest BCUT2D eigenvalue weighted by Gasteiger charge is -2.36. The van der Waals surface area contributed by atoms with Crippen LogP contribution in [0.1, 0.15) is 35.3 Å². The second-order valence-corrected chi connectivity index (χ2v) is 6.47. The summed E-state index contributed by atoms with van der Waals surface area (Å²) in [6, 6.07) is 15.3. The number of nitrogens with one attached hydrogen (secondary N) is 1. The molecule has 1 aliphatic rings. The Kier molecular flexibility index (Phi) is 3.95. The minimum Gasteiger partial charge on any atom is -0.496 e. The van der Waals surface area contributed by atoms with Crippen LogP contribution in [0.5, 0.6) is 5.75 Å². The number of carbonyl (C=O) groups is 1. The van der Waals surface area contributed by atoms with Crippen LogP contribution < -0.4 is 10.1 Å². The van der Waals surface area contributed by atoms with Crippen LogP contribution in [0, 0.1) is 0 Å². The molecule has 0 aromatic heterocycles. The van der Waals surface area contributed by atoms with Gasteiger partial charge in [-0.15, -0.1) is 0 Å². The summed E-state index contributed by atoms with van der Waals surface area (Å²) < 4.78 is 5.51. The van der Waals surface area contributed by atoms with E-state index in [1.54, 1.807) is 13.2 Å². The molecule has 0 atom stereocenters. The van der Waals surface area contributed by atoms with Crippen molar-refractivity contribution in [3.05, 3.63) is 71.3 Å². The van der Waals surface area contributed by atoms with Crippen molar-refractivity contribution in [2.24, 2.45) is 0 Å². The predicted molar refractivity (Wildman–Crippen MR) is 92.7 cm³/mol. The topological polar surface area (TPSA) is 38.3 Å². The Bertz CT molecular complexity index is 760. The fourth-order valence-electron chi connectivity index (χ4n) is 3.07. The summed E-state index contributed by atoms with van der Waals surface area (Å²) in [6.45, 7) is 4.27. The van der Waals surface area contributed by atoms with Gasteiger partial charge in [0.2, 0.25) is 0 Å². The molecule has 0 spiro atoms. The van der Waals surface area contributed by atoms with Gasteiger partial charge in [-0.3, -0.25) is 4.79 Å². The molecule has 23 heavy (non-hydrogen) atoms. The van der Waals surface area contributed by atoms with Crippen molar-refractivity contribution >= 4 is 11.5 Å². The maximum Gasteiger partial charge on any atom is 0.187 e. The molecule has 2 aromatic carbocycles. The summed E-state index contributed by atoms with van der Waals surface area (Å²) in [6.07, 6.45) is 2.56. The van der Waals surface area contributed by atoms with E-state index in [0.29, 0.717) is 5.56 Å². The van der Waals surface area contributed by atoms with E-state index in [-0.39, 0.29) is 11.3 Å². The van der Waals surface area contributed by atoms with Crippen LogP contribution in [-0.4, -0.2) is 18.4 Å². The summed E-state index contributed by atoms with van der Waals surface area (Å²) in [5.74, 6) is 0.778. The number of hydrogen-bond acceptors (Lipinski definition) is 3. The summed E-state index contributed by atoms with van der Waals surface area (Å²) in [4.78, 5) is 12.6. The Morgan fingerprint density at radius 3 is 2.57 bits per heavy atom. The van der Waals surface area contributed by atoms with Gasteiger partial charge in [0.1, 0.15) is 5.75 Å². The normalized spacial score (nSPS) is 17.3. The minimum atomic E-state index is -0.109. The second-order valence-electron chi connectivity index (χ2n) is 6.47. The third-order valence-electron chi connectivity index (χ3n) is 4.04. The highest BCUT2D eigenvalue weighted by molar-refractivity contribution is 6.08. The molecule has 118 valence electrons. The van der Waals surface area contributed by atoms with Crippen molar-refractivity contribution in [1.29, 1.82) is 0 Å². The molecule has 0 aliphatic carbocycles. The Hall–Kier alpha value is -2.55. The fourth-order valence-corrected chi connectivity index (χ4v) is 3.07. The van der Waals surface area contributed by atoms with E-state index in [2.05, 4.69) is 25.2 Å². The molecule has 1 heterocycles. The van der Waals surface area contributed by atoms with E-state index in [4.69, 9.17) is 4.74 Å². The first-order chi connectivity index (χ1) is 11.0. The van der Waals surface area contributed by atoms with Gasteiger partial charge in [0.25, 0.3) is 0 Å². The van der Waals surface area contributed by atoms with E-state index in [1.807, 2.05) is 42.5 Å². The molecule has 3 nitrogen and oxygen atoms in total. The maximum atomic E-state index is 12.6. The van der Waals surface area contributed by atoms with Crippen LogP contribution in [0.3, 0.4) is 0 Å². The van der Waals surface area contributed by atoms with Gasteiger partial charge in [0.05, 0.1) is 7.11 Å².